The van der Waals surface area contributed by atoms with E-state index in [4.69, 9.17) is 11.6 Å². The molecule has 1 aromatic carbocycles. The first-order chi connectivity index (χ1) is 11.3. The lowest BCUT2D eigenvalue weighted by atomic mass is 10.2. The van der Waals surface area contributed by atoms with Crippen LogP contribution in [-0.2, 0) is 24.1 Å². The van der Waals surface area contributed by atoms with Crippen molar-refractivity contribution in [1.29, 1.82) is 0 Å². The first kappa shape index (κ1) is 16.5. The van der Waals surface area contributed by atoms with Gasteiger partial charge in [-0.15, -0.1) is 10.2 Å². The van der Waals surface area contributed by atoms with Gasteiger partial charge < -0.3 is 4.57 Å². The van der Waals surface area contributed by atoms with Crippen molar-refractivity contribution in [2.24, 2.45) is 14.1 Å². The van der Waals surface area contributed by atoms with Crippen molar-refractivity contribution >= 4 is 27.3 Å². The van der Waals surface area contributed by atoms with Crippen LogP contribution in [0, 0.1) is 6.92 Å². The van der Waals surface area contributed by atoms with Crippen LogP contribution in [-0.4, -0.2) is 33.0 Å². The van der Waals surface area contributed by atoms with Gasteiger partial charge >= 0.3 is 0 Å². The number of aromatic nitrogens is 5. The van der Waals surface area contributed by atoms with E-state index in [1.54, 1.807) is 56.2 Å². The smallest absolute Gasteiger partial charge is 0.266 e. The summed E-state index contributed by atoms with van der Waals surface area (Å²) in [6.45, 7) is 1.59. The maximum atomic E-state index is 12.8. The summed E-state index contributed by atoms with van der Waals surface area (Å²) < 4.78 is 31.1. The fourth-order valence-electron chi connectivity index (χ4n) is 2.41. The maximum Gasteiger partial charge on any atom is 0.266 e. The topological polar surface area (TPSA) is 94.7 Å². The number of hydrogen-bond acceptors (Lipinski definition) is 5. The minimum atomic E-state index is -3.90. The standard InChI is InChI=1S/C14H15ClN6O2S/c1-9-12(13(15)21(3)18-9)24(22,23)19-11-7-5-4-6-10(11)14-17-16-8-20(14)2/h4-8,19H,1-3H3. The van der Waals surface area contributed by atoms with Gasteiger partial charge in [-0.3, -0.25) is 9.40 Å². The number of nitrogens with one attached hydrogen (secondary N) is 1. The Balaban J connectivity index is 2.08. The van der Waals surface area contributed by atoms with Crippen molar-refractivity contribution in [2.45, 2.75) is 11.8 Å². The van der Waals surface area contributed by atoms with Crippen LogP contribution < -0.4 is 4.72 Å². The van der Waals surface area contributed by atoms with Crippen molar-refractivity contribution in [2.75, 3.05) is 4.72 Å². The minimum Gasteiger partial charge on any atom is -0.317 e. The van der Waals surface area contributed by atoms with Crippen LogP contribution in [0.4, 0.5) is 5.69 Å². The van der Waals surface area contributed by atoms with Gasteiger partial charge in [0.15, 0.2) is 5.82 Å². The molecule has 0 amide bonds. The van der Waals surface area contributed by atoms with Gasteiger partial charge in [-0.25, -0.2) is 8.42 Å². The summed E-state index contributed by atoms with van der Waals surface area (Å²) in [6, 6.07) is 6.94. The third kappa shape index (κ3) is 2.76. The molecule has 2 aromatic heterocycles. The summed E-state index contributed by atoms with van der Waals surface area (Å²) in [5.74, 6) is 0.544. The van der Waals surface area contributed by atoms with Gasteiger partial charge in [-0.05, 0) is 19.1 Å². The number of anilines is 1. The molecular weight excluding hydrogens is 352 g/mol. The van der Waals surface area contributed by atoms with E-state index in [-0.39, 0.29) is 10.0 Å². The normalized spacial score (nSPS) is 11.7. The molecule has 0 atom stereocenters. The lowest BCUT2D eigenvalue weighted by Gasteiger charge is -2.12. The number of para-hydroxylation sites is 1. The van der Waals surface area contributed by atoms with E-state index < -0.39 is 10.0 Å². The Morgan fingerprint density at radius 1 is 1.21 bits per heavy atom. The minimum absolute atomic E-state index is 0.0422. The molecule has 0 aliphatic heterocycles. The molecule has 10 heteroatoms. The third-order valence-electron chi connectivity index (χ3n) is 3.49. The number of aryl methyl sites for hydroxylation is 3. The van der Waals surface area contributed by atoms with Crippen LogP contribution >= 0.6 is 11.6 Å². The first-order valence-corrected chi connectivity index (χ1v) is 8.82. The lowest BCUT2D eigenvalue weighted by molar-refractivity contribution is 0.600. The van der Waals surface area contributed by atoms with Gasteiger partial charge in [0.1, 0.15) is 16.4 Å². The summed E-state index contributed by atoms with van der Waals surface area (Å²) in [5, 5.41) is 11.9. The molecule has 0 spiro atoms. The quantitative estimate of drug-likeness (QED) is 0.761. The predicted molar refractivity (Wildman–Crippen MR) is 90.2 cm³/mol. The molecule has 0 fully saturated rings. The zero-order valence-electron chi connectivity index (χ0n) is 13.2. The maximum absolute atomic E-state index is 12.8. The van der Waals surface area contributed by atoms with Gasteiger partial charge in [0.25, 0.3) is 10.0 Å². The summed E-state index contributed by atoms with van der Waals surface area (Å²) in [7, 11) is -0.537. The Hall–Kier alpha value is -2.39. The van der Waals surface area contributed by atoms with Crippen LogP contribution in [0.5, 0.6) is 0 Å². The number of rotatable bonds is 4. The Morgan fingerprint density at radius 2 is 1.92 bits per heavy atom. The predicted octanol–water partition coefficient (Wildman–Crippen LogP) is 1.98. The Morgan fingerprint density at radius 3 is 2.50 bits per heavy atom. The van der Waals surface area contributed by atoms with Gasteiger partial charge in [-0.2, -0.15) is 5.10 Å². The molecule has 0 unspecified atom stereocenters. The lowest BCUT2D eigenvalue weighted by Crippen LogP contribution is -2.15. The Labute approximate surface area is 144 Å². The van der Waals surface area contributed by atoms with Crippen molar-refractivity contribution in [3.8, 4) is 11.4 Å². The fraction of sp³-hybridized carbons (Fsp3) is 0.214. The van der Waals surface area contributed by atoms with Crippen LogP contribution in [0.15, 0.2) is 35.5 Å². The van der Waals surface area contributed by atoms with E-state index in [0.717, 1.165) is 0 Å². The molecule has 0 aliphatic carbocycles. The Kier molecular flexibility index (Phi) is 4.06. The fourth-order valence-corrected chi connectivity index (χ4v) is 4.24. The summed E-state index contributed by atoms with van der Waals surface area (Å²) in [5.41, 5.74) is 1.32. The summed E-state index contributed by atoms with van der Waals surface area (Å²) in [6.07, 6.45) is 1.54. The second-order valence-electron chi connectivity index (χ2n) is 5.25. The van der Waals surface area contributed by atoms with Gasteiger partial charge in [-0.1, -0.05) is 23.7 Å². The molecule has 2 heterocycles. The first-order valence-electron chi connectivity index (χ1n) is 6.96. The van der Waals surface area contributed by atoms with Crippen LogP contribution in [0.2, 0.25) is 5.15 Å². The van der Waals surface area contributed by atoms with Crippen molar-refractivity contribution in [1.82, 2.24) is 24.5 Å². The highest BCUT2D eigenvalue weighted by atomic mass is 35.5. The van der Waals surface area contributed by atoms with E-state index in [2.05, 4.69) is 20.0 Å². The number of benzene rings is 1. The molecule has 8 nitrogen and oxygen atoms in total. The highest BCUT2D eigenvalue weighted by molar-refractivity contribution is 7.93. The number of halogens is 1. The average molecular weight is 367 g/mol. The third-order valence-corrected chi connectivity index (χ3v) is 5.55. The van der Waals surface area contributed by atoms with Crippen LogP contribution in [0.25, 0.3) is 11.4 Å². The van der Waals surface area contributed by atoms with Crippen LogP contribution in [0.1, 0.15) is 5.69 Å². The zero-order valence-corrected chi connectivity index (χ0v) is 14.8. The zero-order chi connectivity index (χ0) is 17.5. The monoisotopic (exact) mass is 366 g/mol. The Bertz CT molecular complexity index is 1010. The van der Waals surface area contributed by atoms with E-state index >= 15 is 0 Å². The van der Waals surface area contributed by atoms with E-state index in [1.165, 1.54) is 4.68 Å². The average Bonchev–Trinajstić information content (AvgIpc) is 3.03. The number of nitrogens with zero attached hydrogens (tertiary/aromatic N) is 5. The second-order valence-corrected chi connectivity index (χ2v) is 7.22. The highest BCUT2D eigenvalue weighted by Gasteiger charge is 2.26. The number of sulfonamides is 1. The van der Waals surface area contributed by atoms with Gasteiger partial charge in [0, 0.05) is 19.7 Å². The molecule has 3 aromatic rings. The van der Waals surface area contributed by atoms with E-state index in [9.17, 15) is 8.42 Å². The molecule has 3 rings (SSSR count). The molecule has 0 radical (unpaired) electrons. The largest absolute Gasteiger partial charge is 0.317 e. The molecule has 1 N–H and O–H groups in total. The van der Waals surface area contributed by atoms with Gasteiger partial charge in [0.2, 0.25) is 0 Å². The summed E-state index contributed by atoms with van der Waals surface area (Å²) >= 11 is 6.08. The summed E-state index contributed by atoms with van der Waals surface area (Å²) in [4.78, 5) is -0.0422. The molecule has 0 saturated heterocycles. The molecule has 0 bridgehead atoms. The van der Waals surface area contributed by atoms with E-state index in [0.29, 0.717) is 22.8 Å². The van der Waals surface area contributed by atoms with Gasteiger partial charge in [0.05, 0.1) is 11.4 Å². The van der Waals surface area contributed by atoms with Crippen molar-refractivity contribution in [3.63, 3.8) is 0 Å². The van der Waals surface area contributed by atoms with Crippen molar-refractivity contribution < 1.29 is 8.42 Å². The molecule has 24 heavy (non-hydrogen) atoms. The molecular formula is C14H15ClN6O2S. The van der Waals surface area contributed by atoms with Crippen molar-refractivity contribution in [3.05, 3.63) is 41.4 Å². The molecule has 0 saturated carbocycles. The van der Waals surface area contributed by atoms with Crippen LogP contribution in [0.3, 0.4) is 0 Å². The molecule has 126 valence electrons. The highest BCUT2D eigenvalue weighted by Crippen LogP contribution is 2.30. The molecule has 0 aliphatic rings. The van der Waals surface area contributed by atoms with E-state index in [1.807, 2.05) is 0 Å². The SMILES string of the molecule is Cc1nn(C)c(Cl)c1S(=O)(=O)Nc1ccccc1-c1nncn1C. The second kappa shape index (κ2) is 5.91. The number of hydrogen-bond donors (Lipinski definition) is 1.